The zero-order chi connectivity index (χ0) is 24.9. The molecule has 4 aromatic rings. The predicted molar refractivity (Wildman–Crippen MR) is 133 cm³/mol. The number of fused-ring (bicyclic) bond motifs is 3. The van der Waals surface area contributed by atoms with E-state index < -0.39 is 12.1 Å². The molecule has 0 bridgehead atoms. The van der Waals surface area contributed by atoms with E-state index in [-0.39, 0.29) is 18.8 Å². The van der Waals surface area contributed by atoms with Crippen molar-refractivity contribution in [1.29, 1.82) is 0 Å². The molecule has 0 saturated carbocycles. The number of nitrogens with one attached hydrogen (secondary N) is 1. The number of alkyl halides is 3. The summed E-state index contributed by atoms with van der Waals surface area (Å²) in [5.74, 6) is -0.941. The van der Waals surface area contributed by atoms with Crippen LogP contribution in [0.25, 0.3) is 33.2 Å². The number of hydrogen-bond acceptors (Lipinski definition) is 4. The van der Waals surface area contributed by atoms with Gasteiger partial charge in [0.05, 0.1) is 29.5 Å². The van der Waals surface area contributed by atoms with Gasteiger partial charge in [-0.2, -0.15) is 18.3 Å². The number of piperidine rings is 1. The summed E-state index contributed by atoms with van der Waals surface area (Å²) >= 11 is 0. The molecule has 0 radical (unpaired) electrons. The first-order chi connectivity index (χ1) is 17.3. The molecular formula is C27H27F3N6. The second-order valence-electron chi connectivity index (χ2n) is 9.88. The molecule has 186 valence electrons. The van der Waals surface area contributed by atoms with Crippen LogP contribution in [0.2, 0.25) is 0 Å². The number of allylic oxidation sites excluding steroid dienone is 2. The van der Waals surface area contributed by atoms with E-state index in [1.54, 1.807) is 4.68 Å². The van der Waals surface area contributed by atoms with E-state index in [2.05, 4.69) is 55.3 Å². The molecule has 0 spiro atoms. The van der Waals surface area contributed by atoms with Crippen molar-refractivity contribution in [2.45, 2.75) is 31.4 Å². The maximum absolute atomic E-state index is 12.9. The van der Waals surface area contributed by atoms with Gasteiger partial charge in [-0.25, -0.2) is 4.98 Å². The van der Waals surface area contributed by atoms with Gasteiger partial charge in [-0.15, -0.1) is 0 Å². The molecule has 6 rings (SSSR count). The third kappa shape index (κ3) is 4.43. The van der Waals surface area contributed by atoms with Gasteiger partial charge >= 0.3 is 6.18 Å². The van der Waals surface area contributed by atoms with Gasteiger partial charge in [0, 0.05) is 48.2 Å². The smallest absolute Gasteiger partial charge is 0.338 e. The maximum Gasteiger partial charge on any atom is 0.391 e. The number of aryl methyl sites for hydroxylation is 1. The lowest BCUT2D eigenvalue weighted by Gasteiger charge is -2.33. The summed E-state index contributed by atoms with van der Waals surface area (Å²) in [7, 11) is 1.89. The van der Waals surface area contributed by atoms with Gasteiger partial charge in [0.2, 0.25) is 0 Å². The van der Waals surface area contributed by atoms with Gasteiger partial charge in [0.1, 0.15) is 5.65 Å². The number of aromatic nitrogens is 5. The van der Waals surface area contributed by atoms with Crippen LogP contribution in [0.5, 0.6) is 0 Å². The average molecular weight is 493 g/mol. The average Bonchev–Trinajstić information content (AvgIpc) is 3.47. The van der Waals surface area contributed by atoms with E-state index in [1.165, 1.54) is 5.57 Å². The minimum Gasteiger partial charge on any atom is -0.338 e. The van der Waals surface area contributed by atoms with Crippen LogP contribution in [-0.4, -0.2) is 55.4 Å². The Labute approximate surface area is 206 Å². The summed E-state index contributed by atoms with van der Waals surface area (Å²) in [4.78, 5) is 14.8. The first-order valence-electron chi connectivity index (χ1n) is 12.3. The number of halogens is 3. The fraction of sp³-hybridized carbons (Fsp3) is 0.370. The summed E-state index contributed by atoms with van der Waals surface area (Å²) in [6.45, 7) is 1.70. The van der Waals surface area contributed by atoms with Crippen LogP contribution in [-0.2, 0) is 7.05 Å². The number of nitrogens with zero attached hydrogens (tertiary/aromatic N) is 5. The summed E-state index contributed by atoms with van der Waals surface area (Å²) in [6.07, 6.45) is 11.2. The number of hydrogen-bond donors (Lipinski definition) is 1. The van der Waals surface area contributed by atoms with Crippen LogP contribution in [0.1, 0.15) is 30.7 Å². The molecule has 5 heterocycles. The maximum atomic E-state index is 12.9. The van der Waals surface area contributed by atoms with Crippen molar-refractivity contribution in [1.82, 2.24) is 29.6 Å². The zero-order valence-electron chi connectivity index (χ0n) is 20.0. The second kappa shape index (κ2) is 8.89. The lowest BCUT2D eigenvalue weighted by molar-refractivity contribution is -0.184. The van der Waals surface area contributed by atoms with Crippen LogP contribution in [0.3, 0.4) is 0 Å². The number of H-pyrrole nitrogens is 1. The summed E-state index contributed by atoms with van der Waals surface area (Å²) in [5, 5.41) is 6.39. The van der Waals surface area contributed by atoms with Gasteiger partial charge < -0.3 is 4.98 Å². The quantitative estimate of drug-likeness (QED) is 0.394. The molecule has 1 saturated heterocycles. The fourth-order valence-corrected chi connectivity index (χ4v) is 5.31. The molecule has 6 nitrogen and oxygen atoms in total. The molecule has 36 heavy (non-hydrogen) atoms. The van der Waals surface area contributed by atoms with Crippen molar-refractivity contribution in [2.24, 2.45) is 13.0 Å². The molecule has 1 fully saturated rings. The summed E-state index contributed by atoms with van der Waals surface area (Å²) in [6, 6.07) is 4.28. The van der Waals surface area contributed by atoms with E-state index in [0.29, 0.717) is 19.6 Å². The number of rotatable bonds is 4. The highest BCUT2D eigenvalue weighted by molar-refractivity contribution is 6.06. The van der Waals surface area contributed by atoms with E-state index in [0.717, 1.165) is 45.2 Å². The van der Waals surface area contributed by atoms with E-state index in [1.807, 2.05) is 31.8 Å². The molecule has 9 heteroatoms. The Kier molecular flexibility index (Phi) is 5.67. The molecule has 0 aromatic carbocycles. The topological polar surface area (TPSA) is 62.6 Å². The molecule has 0 amide bonds. The Bertz CT molecular complexity index is 1470. The van der Waals surface area contributed by atoms with Crippen LogP contribution in [0.4, 0.5) is 13.2 Å². The van der Waals surface area contributed by atoms with Crippen molar-refractivity contribution in [3.05, 3.63) is 66.3 Å². The minimum absolute atomic E-state index is 0.192. The SMILES string of the molecule is Cn1cc(-c2cc3c(cn2)[nH]c2ncc(C4C=CC(CN5CCC(C(F)(F)F)CC5)=CC4)cc23)cn1. The first-order valence-corrected chi connectivity index (χ1v) is 12.3. The van der Waals surface area contributed by atoms with Crippen molar-refractivity contribution in [3.8, 4) is 11.3 Å². The minimum atomic E-state index is -4.07. The van der Waals surface area contributed by atoms with Crippen LogP contribution in [0.15, 0.2) is 60.7 Å². The van der Waals surface area contributed by atoms with Gasteiger partial charge in [0.25, 0.3) is 0 Å². The number of aromatic amines is 1. The normalized spacial score (nSPS) is 19.9. The third-order valence-corrected chi connectivity index (χ3v) is 7.42. The van der Waals surface area contributed by atoms with Crippen LogP contribution < -0.4 is 0 Å². The van der Waals surface area contributed by atoms with E-state index in [4.69, 9.17) is 0 Å². The van der Waals surface area contributed by atoms with Crippen LogP contribution in [0, 0.1) is 5.92 Å². The van der Waals surface area contributed by atoms with Gasteiger partial charge in [-0.05, 0) is 55.6 Å². The van der Waals surface area contributed by atoms with Gasteiger partial charge in [0.15, 0.2) is 0 Å². The lowest BCUT2D eigenvalue weighted by Crippen LogP contribution is -2.39. The van der Waals surface area contributed by atoms with Crippen molar-refractivity contribution < 1.29 is 13.2 Å². The fourth-order valence-electron chi connectivity index (χ4n) is 5.31. The molecular weight excluding hydrogens is 465 g/mol. The number of pyridine rings is 2. The highest BCUT2D eigenvalue weighted by Gasteiger charge is 2.41. The second-order valence-corrected chi connectivity index (χ2v) is 9.88. The Balaban J connectivity index is 1.17. The molecule has 1 N–H and O–H groups in total. The highest BCUT2D eigenvalue weighted by Crippen LogP contribution is 2.35. The Morgan fingerprint density at radius 3 is 2.58 bits per heavy atom. The molecule has 1 aliphatic carbocycles. The lowest BCUT2D eigenvalue weighted by atomic mass is 9.90. The standard InChI is InChI=1S/C27H27F3N6/c1-35-16-20(13-33-35)24-11-22-23-10-19(12-32-26(23)34-25(22)14-31-24)18-4-2-17(3-5-18)15-36-8-6-21(7-9-36)27(28,29)30/h2-4,10-14,16,18,21H,5-9,15H2,1H3,(H,32,34). The molecule has 1 atom stereocenters. The van der Waals surface area contributed by atoms with Crippen molar-refractivity contribution in [3.63, 3.8) is 0 Å². The van der Waals surface area contributed by atoms with Crippen molar-refractivity contribution in [2.75, 3.05) is 19.6 Å². The van der Waals surface area contributed by atoms with E-state index >= 15 is 0 Å². The van der Waals surface area contributed by atoms with Gasteiger partial charge in [-0.3, -0.25) is 14.6 Å². The van der Waals surface area contributed by atoms with Crippen LogP contribution >= 0.6 is 0 Å². The molecule has 1 aliphatic heterocycles. The van der Waals surface area contributed by atoms with E-state index in [9.17, 15) is 13.2 Å². The zero-order valence-corrected chi connectivity index (χ0v) is 20.0. The predicted octanol–water partition coefficient (Wildman–Crippen LogP) is 5.76. The summed E-state index contributed by atoms with van der Waals surface area (Å²) < 4.78 is 40.6. The first kappa shape index (κ1) is 23.0. The molecule has 1 unspecified atom stereocenters. The Morgan fingerprint density at radius 1 is 1.06 bits per heavy atom. The summed E-state index contributed by atoms with van der Waals surface area (Å²) in [5.41, 5.74) is 5.92. The Morgan fingerprint density at radius 2 is 1.89 bits per heavy atom. The molecule has 4 aromatic heterocycles. The largest absolute Gasteiger partial charge is 0.391 e. The molecule has 2 aliphatic rings. The van der Waals surface area contributed by atoms with Crippen molar-refractivity contribution >= 4 is 21.9 Å². The highest BCUT2D eigenvalue weighted by atomic mass is 19.4. The third-order valence-electron chi connectivity index (χ3n) is 7.42. The Hall–Kier alpha value is -3.46. The monoisotopic (exact) mass is 492 g/mol. The number of likely N-dealkylation sites (tertiary alicyclic amines) is 1. The van der Waals surface area contributed by atoms with Gasteiger partial charge in [-0.1, -0.05) is 18.2 Å².